The standard InChI is InChI=1S/C11H15Cl2N/c1-8(2)6-14-7-9-10(12)4-3-5-11(9)13/h3-5,8,14H,6-7H2,1-2H3/p+1. The third-order valence-corrected chi connectivity index (χ3v) is 2.76. The van der Waals surface area contributed by atoms with Crippen LogP contribution in [0.2, 0.25) is 10.0 Å². The average Bonchev–Trinajstić information content (AvgIpc) is 2.09. The molecule has 0 bridgehead atoms. The highest BCUT2D eigenvalue weighted by Crippen LogP contribution is 2.22. The molecule has 0 unspecified atom stereocenters. The molecule has 0 spiro atoms. The second-order valence-corrected chi connectivity index (χ2v) is 4.64. The zero-order valence-corrected chi connectivity index (χ0v) is 10.1. The van der Waals surface area contributed by atoms with Gasteiger partial charge in [0.15, 0.2) is 0 Å². The van der Waals surface area contributed by atoms with Crippen molar-refractivity contribution in [3.63, 3.8) is 0 Å². The van der Waals surface area contributed by atoms with Gasteiger partial charge in [-0.15, -0.1) is 0 Å². The Morgan fingerprint density at radius 3 is 2.29 bits per heavy atom. The SMILES string of the molecule is CC(C)C[NH2+]Cc1c(Cl)cccc1Cl. The molecule has 0 fully saturated rings. The molecule has 0 amide bonds. The molecule has 1 aromatic carbocycles. The third-order valence-electron chi connectivity index (χ3n) is 2.05. The Morgan fingerprint density at radius 2 is 1.79 bits per heavy atom. The summed E-state index contributed by atoms with van der Waals surface area (Å²) in [7, 11) is 0. The van der Waals surface area contributed by atoms with Gasteiger partial charge in [0, 0.05) is 11.5 Å². The first-order chi connectivity index (χ1) is 6.61. The van der Waals surface area contributed by atoms with Crippen LogP contribution in [0, 0.1) is 5.92 Å². The van der Waals surface area contributed by atoms with Crippen molar-refractivity contribution in [3.8, 4) is 0 Å². The van der Waals surface area contributed by atoms with E-state index in [1.165, 1.54) is 0 Å². The first-order valence-corrected chi connectivity index (χ1v) is 5.61. The molecule has 0 heterocycles. The van der Waals surface area contributed by atoms with Crippen LogP contribution in [0.1, 0.15) is 19.4 Å². The number of nitrogens with two attached hydrogens (primary N) is 1. The Hall–Kier alpha value is -0.240. The summed E-state index contributed by atoms with van der Waals surface area (Å²) >= 11 is 12.1. The summed E-state index contributed by atoms with van der Waals surface area (Å²) < 4.78 is 0. The van der Waals surface area contributed by atoms with Crippen molar-refractivity contribution in [2.24, 2.45) is 5.92 Å². The molecule has 14 heavy (non-hydrogen) atoms. The van der Waals surface area contributed by atoms with E-state index in [4.69, 9.17) is 23.2 Å². The average molecular weight is 233 g/mol. The van der Waals surface area contributed by atoms with Crippen LogP contribution in [0.25, 0.3) is 0 Å². The largest absolute Gasteiger partial charge is 0.342 e. The molecule has 0 aromatic heterocycles. The molecule has 0 saturated heterocycles. The van der Waals surface area contributed by atoms with Gasteiger partial charge < -0.3 is 5.32 Å². The molecule has 1 rings (SSSR count). The maximum absolute atomic E-state index is 6.04. The van der Waals surface area contributed by atoms with E-state index in [-0.39, 0.29) is 0 Å². The van der Waals surface area contributed by atoms with Crippen LogP contribution < -0.4 is 5.32 Å². The normalized spacial score (nSPS) is 10.9. The zero-order chi connectivity index (χ0) is 10.6. The van der Waals surface area contributed by atoms with Crippen LogP contribution >= 0.6 is 23.2 Å². The van der Waals surface area contributed by atoms with Crippen molar-refractivity contribution in [1.29, 1.82) is 0 Å². The van der Waals surface area contributed by atoms with E-state index in [2.05, 4.69) is 19.2 Å². The monoisotopic (exact) mass is 232 g/mol. The number of hydrogen-bond donors (Lipinski definition) is 1. The van der Waals surface area contributed by atoms with E-state index < -0.39 is 0 Å². The smallest absolute Gasteiger partial charge is 0.104 e. The lowest BCUT2D eigenvalue weighted by Crippen LogP contribution is -2.83. The predicted molar refractivity (Wildman–Crippen MR) is 61.8 cm³/mol. The Morgan fingerprint density at radius 1 is 1.21 bits per heavy atom. The van der Waals surface area contributed by atoms with Gasteiger partial charge in [-0.1, -0.05) is 43.1 Å². The first kappa shape index (κ1) is 11.8. The quantitative estimate of drug-likeness (QED) is 0.823. The van der Waals surface area contributed by atoms with Crippen LogP contribution in [0.4, 0.5) is 0 Å². The fourth-order valence-electron chi connectivity index (χ4n) is 1.29. The van der Waals surface area contributed by atoms with E-state index in [9.17, 15) is 0 Å². The zero-order valence-electron chi connectivity index (χ0n) is 8.56. The minimum Gasteiger partial charge on any atom is -0.342 e. The van der Waals surface area contributed by atoms with E-state index >= 15 is 0 Å². The molecule has 0 radical (unpaired) electrons. The second-order valence-electron chi connectivity index (χ2n) is 3.82. The fraction of sp³-hybridized carbons (Fsp3) is 0.455. The van der Waals surface area contributed by atoms with Crippen molar-refractivity contribution < 1.29 is 5.32 Å². The van der Waals surface area contributed by atoms with Crippen molar-refractivity contribution in [2.45, 2.75) is 20.4 Å². The van der Waals surface area contributed by atoms with Gasteiger partial charge in [0.05, 0.1) is 16.6 Å². The minimum absolute atomic E-state index is 0.691. The second kappa shape index (κ2) is 5.59. The van der Waals surface area contributed by atoms with Crippen LogP contribution in [0.15, 0.2) is 18.2 Å². The van der Waals surface area contributed by atoms with Crippen molar-refractivity contribution in [3.05, 3.63) is 33.8 Å². The van der Waals surface area contributed by atoms with Crippen molar-refractivity contribution in [1.82, 2.24) is 0 Å². The van der Waals surface area contributed by atoms with E-state index in [0.717, 1.165) is 28.7 Å². The summed E-state index contributed by atoms with van der Waals surface area (Å²) in [5.74, 6) is 0.691. The Labute approximate surface area is 95.4 Å². The van der Waals surface area contributed by atoms with Gasteiger partial charge in [0.1, 0.15) is 6.54 Å². The van der Waals surface area contributed by atoms with Gasteiger partial charge in [-0.25, -0.2) is 0 Å². The van der Waals surface area contributed by atoms with Gasteiger partial charge in [-0.3, -0.25) is 0 Å². The van der Waals surface area contributed by atoms with Crippen LogP contribution in [-0.2, 0) is 6.54 Å². The first-order valence-electron chi connectivity index (χ1n) is 4.85. The lowest BCUT2D eigenvalue weighted by atomic mass is 10.2. The molecule has 1 nitrogen and oxygen atoms in total. The van der Waals surface area contributed by atoms with Crippen LogP contribution in [0.3, 0.4) is 0 Å². The Bertz CT molecular complexity index is 277. The number of hydrogen-bond acceptors (Lipinski definition) is 0. The molecule has 0 aliphatic rings. The molecule has 0 aliphatic heterocycles. The van der Waals surface area contributed by atoms with E-state index in [0.29, 0.717) is 5.92 Å². The Kier molecular flexibility index (Phi) is 4.73. The van der Waals surface area contributed by atoms with E-state index in [1.54, 1.807) is 0 Å². The molecule has 3 heteroatoms. The van der Waals surface area contributed by atoms with E-state index in [1.807, 2.05) is 18.2 Å². The van der Waals surface area contributed by atoms with Crippen LogP contribution in [0.5, 0.6) is 0 Å². The minimum atomic E-state index is 0.691. The molecular formula is C11H16Cl2N+. The summed E-state index contributed by atoms with van der Waals surface area (Å²) in [5.41, 5.74) is 1.04. The molecule has 1 aromatic rings. The molecule has 0 aliphatic carbocycles. The van der Waals surface area contributed by atoms with Gasteiger partial charge >= 0.3 is 0 Å². The summed E-state index contributed by atoms with van der Waals surface area (Å²) in [5, 5.41) is 3.76. The topological polar surface area (TPSA) is 16.6 Å². The highest BCUT2D eigenvalue weighted by Gasteiger charge is 2.07. The molecule has 0 saturated carbocycles. The van der Waals surface area contributed by atoms with Gasteiger partial charge in [0.25, 0.3) is 0 Å². The van der Waals surface area contributed by atoms with Gasteiger partial charge in [-0.05, 0) is 12.1 Å². The molecule has 0 atom stereocenters. The van der Waals surface area contributed by atoms with Crippen molar-refractivity contribution in [2.75, 3.05) is 6.54 Å². The third kappa shape index (κ3) is 3.49. The number of halogens is 2. The summed E-state index contributed by atoms with van der Waals surface area (Å²) in [6, 6.07) is 5.63. The number of rotatable bonds is 4. The number of quaternary nitrogens is 1. The van der Waals surface area contributed by atoms with Gasteiger partial charge in [-0.2, -0.15) is 0 Å². The maximum Gasteiger partial charge on any atom is 0.104 e. The summed E-state index contributed by atoms with van der Waals surface area (Å²) in [6.45, 7) is 6.35. The van der Waals surface area contributed by atoms with Crippen molar-refractivity contribution >= 4 is 23.2 Å². The lowest BCUT2D eigenvalue weighted by Gasteiger charge is -2.07. The molecule has 2 N–H and O–H groups in total. The lowest BCUT2D eigenvalue weighted by molar-refractivity contribution is -0.675. The van der Waals surface area contributed by atoms with Gasteiger partial charge in [0.2, 0.25) is 0 Å². The Balaban J connectivity index is 2.58. The highest BCUT2D eigenvalue weighted by atomic mass is 35.5. The fourth-order valence-corrected chi connectivity index (χ4v) is 1.84. The van der Waals surface area contributed by atoms with Crippen LogP contribution in [-0.4, -0.2) is 6.54 Å². The summed E-state index contributed by atoms with van der Waals surface area (Å²) in [4.78, 5) is 0. The predicted octanol–water partition coefficient (Wildman–Crippen LogP) is 2.71. The summed E-state index contributed by atoms with van der Waals surface area (Å²) in [6.07, 6.45) is 0. The highest BCUT2D eigenvalue weighted by molar-refractivity contribution is 6.35. The number of benzene rings is 1. The molecule has 78 valence electrons. The maximum atomic E-state index is 6.04. The molecular weight excluding hydrogens is 217 g/mol.